The predicted molar refractivity (Wildman–Crippen MR) is 53.7 cm³/mol. The zero-order chi connectivity index (χ0) is 11.6. The molecule has 15 heavy (non-hydrogen) atoms. The molecule has 0 spiro atoms. The Balaban J connectivity index is 2.43. The van der Waals surface area contributed by atoms with E-state index in [1.807, 2.05) is 0 Å². The molecule has 6 nitrogen and oxygen atoms in total. The van der Waals surface area contributed by atoms with Crippen LogP contribution < -0.4 is 11.2 Å². The van der Waals surface area contributed by atoms with E-state index < -0.39 is 17.7 Å². The summed E-state index contributed by atoms with van der Waals surface area (Å²) in [5.74, 6) is 5.09. The molecule has 1 fully saturated rings. The van der Waals surface area contributed by atoms with Gasteiger partial charge in [0.15, 0.2) is 0 Å². The summed E-state index contributed by atoms with van der Waals surface area (Å²) in [5, 5.41) is 3.58. The molecule has 0 radical (unpaired) electrons. The van der Waals surface area contributed by atoms with Gasteiger partial charge in [0.1, 0.15) is 11.6 Å². The fraction of sp³-hybridized carbons (Fsp3) is 0.778. The van der Waals surface area contributed by atoms with Gasteiger partial charge in [0.2, 0.25) is 0 Å². The Morgan fingerprint density at radius 1 is 1.60 bits per heavy atom. The van der Waals surface area contributed by atoms with Crippen molar-refractivity contribution in [3.05, 3.63) is 0 Å². The van der Waals surface area contributed by atoms with E-state index in [0.29, 0.717) is 13.0 Å². The van der Waals surface area contributed by atoms with Gasteiger partial charge in [-0.2, -0.15) is 0 Å². The number of amides is 2. The van der Waals surface area contributed by atoms with Crippen molar-refractivity contribution in [2.24, 2.45) is 5.84 Å². The lowest BCUT2D eigenvalue weighted by Gasteiger charge is -2.21. The number of carbonyl (C=O) groups is 2. The quantitative estimate of drug-likeness (QED) is 0.476. The second-order valence-electron chi connectivity index (χ2n) is 4.52. The number of hydrogen-bond acceptors (Lipinski definition) is 4. The lowest BCUT2D eigenvalue weighted by molar-refractivity contribution is -0.129. The van der Waals surface area contributed by atoms with Gasteiger partial charge in [-0.25, -0.2) is 10.6 Å². The van der Waals surface area contributed by atoms with Crippen molar-refractivity contribution in [3.63, 3.8) is 0 Å². The molecular weight excluding hydrogens is 198 g/mol. The zero-order valence-corrected chi connectivity index (χ0v) is 9.24. The summed E-state index contributed by atoms with van der Waals surface area (Å²) in [4.78, 5) is 22.7. The monoisotopic (exact) mass is 215 g/mol. The molecule has 3 N–H and O–H groups in total. The molecule has 0 aromatic heterocycles. The number of carbonyl (C=O) groups excluding carboxylic acids is 2. The van der Waals surface area contributed by atoms with Crippen LogP contribution in [0.4, 0.5) is 4.79 Å². The number of rotatable bonds is 1. The summed E-state index contributed by atoms with van der Waals surface area (Å²) in [6.45, 7) is 5.74. The SMILES string of the molecule is CC(C)(C)OC(=O)NC1CCN(N)C1=O. The first-order valence-corrected chi connectivity index (χ1v) is 4.85. The van der Waals surface area contributed by atoms with Crippen molar-refractivity contribution >= 4 is 12.0 Å². The van der Waals surface area contributed by atoms with Crippen molar-refractivity contribution in [2.75, 3.05) is 6.54 Å². The van der Waals surface area contributed by atoms with Crippen molar-refractivity contribution in [1.82, 2.24) is 10.3 Å². The number of nitrogens with two attached hydrogens (primary N) is 1. The number of hydrogen-bond donors (Lipinski definition) is 2. The summed E-state index contributed by atoms with van der Waals surface area (Å²) in [6, 6.07) is -0.551. The third-order valence-corrected chi connectivity index (χ3v) is 1.93. The predicted octanol–water partition coefficient (Wildman–Crippen LogP) is -0.0143. The second kappa shape index (κ2) is 4.06. The minimum Gasteiger partial charge on any atom is -0.444 e. The molecule has 1 atom stereocenters. The molecule has 6 heteroatoms. The maximum Gasteiger partial charge on any atom is 0.408 e. The Morgan fingerprint density at radius 2 is 2.20 bits per heavy atom. The van der Waals surface area contributed by atoms with Crippen molar-refractivity contribution < 1.29 is 14.3 Å². The Hall–Kier alpha value is -1.30. The molecule has 0 aromatic rings. The Bertz CT molecular complexity index is 272. The minimum atomic E-state index is -0.587. The summed E-state index contributed by atoms with van der Waals surface area (Å²) < 4.78 is 5.02. The van der Waals surface area contributed by atoms with Gasteiger partial charge in [-0.1, -0.05) is 0 Å². The Morgan fingerprint density at radius 3 is 2.60 bits per heavy atom. The molecular formula is C9H17N3O3. The average Bonchev–Trinajstić information content (AvgIpc) is 2.32. The van der Waals surface area contributed by atoms with E-state index in [4.69, 9.17) is 10.6 Å². The number of nitrogens with one attached hydrogen (secondary N) is 1. The van der Waals surface area contributed by atoms with E-state index in [1.54, 1.807) is 20.8 Å². The number of hydrazine groups is 1. The molecule has 1 saturated heterocycles. The van der Waals surface area contributed by atoms with Crippen molar-refractivity contribution in [1.29, 1.82) is 0 Å². The van der Waals surface area contributed by atoms with Gasteiger partial charge in [-0.05, 0) is 27.2 Å². The van der Waals surface area contributed by atoms with Gasteiger partial charge >= 0.3 is 6.09 Å². The van der Waals surface area contributed by atoms with Crippen LogP contribution in [0.5, 0.6) is 0 Å². The summed E-state index contributed by atoms with van der Waals surface area (Å²) in [6.07, 6.45) is -0.0645. The molecule has 0 aromatic carbocycles. The molecule has 1 unspecified atom stereocenters. The largest absolute Gasteiger partial charge is 0.444 e. The maximum atomic E-state index is 11.3. The van der Waals surface area contributed by atoms with Gasteiger partial charge in [-0.15, -0.1) is 0 Å². The van der Waals surface area contributed by atoms with Crippen molar-refractivity contribution in [3.8, 4) is 0 Å². The Labute approximate surface area is 88.7 Å². The van der Waals surface area contributed by atoms with E-state index in [-0.39, 0.29) is 5.91 Å². The molecule has 0 saturated carbocycles. The fourth-order valence-corrected chi connectivity index (χ4v) is 1.29. The first kappa shape index (κ1) is 11.8. The fourth-order valence-electron chi connectivity index (χ4n) is 1.29. The third-order valence-electron chi connectivity index (χ3n) is 1.93. The smallest absolute Gasteiger partial charge is 0.408 e. The molecule has 1 aliphatic heterocycles. The van der Waals surface area contributed by atoms with Crippen LogP contribution in [-0.4, -0.2) is 35.2 Å². The first-order valence-electron chi connectivity index (χ1n) is 4.85. The normalized spacial score (nSPS) is 21.7. The minimum absolute atomic E-state index is 0.277. The van der Waals surface area contributed by atoms with E-state index in [2.05, 4.69) is 5.32 Å². The highest BCUT2D eigenvalue weighted by Gasteiger charge is 2.32. The topological polar surface area (TPSA) is 84.7 Å². The molecule has 86 valence electrons. The van der Waals surface area contributed by atoms with Gasteiger partial charge in [0.25, 0.3) is 5.91 Å². The van der Waals surface area contributed by atoms with Crippen LogP contribution in [0.2, 0.25) is 0 Å². The highest BCUT2D eigenvalue weighted by molar-refractivity contribution is 5.87. The van der Waals surface area contributed by atoms with E-state index in [0.717, 1.165) is 5.01 Å². The molecule has 0 aliphatic carbocycles. The van der Waals surface area contributed by atoms with Gasteiger partial charge in [0.05, 0.1) is 0 Å². The molecule has 1 rings (SSSR count). The van der Waals surface area contributed by atoms with Crippen LogP contribution in [0.3, 0.4) is 0 Å². The third kappa shape index (κ3) is 3.39. The van der Waals surface area contributed by atoms with Gasteiger partial charge in [-0.3, -0.25) is 9.80 Å². The lowest BCUT2D eigenvalue weighted by Crippen LogP contribution is -2.45. The molecule has 1 heterocycles. The Kier molecular flexibility index (Phi) is 3.18. The standard InChI is InChI=1S/C9H17N3O3/c1-9(2,3)15-8(14)11-6-4-5-12(10)7(6)13/h6H,4-5,10H2,1-3H3,(H,11,14). The summed E-state index contributed by atoms with van der Waals surface area (Å²) in [5.41, 5.74) is -0.561. The van der Waals surface area contributed by atoms with Gasteiger partial charge < -0.3 is 10.1 Å². The first-order chi connectivity index (χ1) is 6.79. The molecule has 0 bridgehead atoms. The lowest BCUT2D eigenvalue weighted by atomic mass is 10.2. The maximum absolute atomic E-state index is 11.3. The molecule has 1 aliphatic rings. The van der Waals surface area contributed by atoms with Crippen LogP contribution in [0, 0.1) is 0 Å². The highest BCUT2D eigenvalue weighted by atomic mass is 16.6. The number of ether oxygens (including phenoxy) is 1. The van der Waals surface area contributed by atoms with Gasteiger partial charge in [0, 0.05) is 6.54 Å². The summed E-state index contributed by atoms with van der Waals surface area (Å²) >= 11 is 0. The molecule has 2 amide bonds. The van der Waals surface area contributed by atoms with Crippen LogP contribution >= 0.6 is 0 Å². The van der Waals surface area contributed by atoms with Crippen molar-refractivity contribution in [2.45, 2.75) is 38.8 Å². The van der Waals surface area contributed by atoms with Crippen LogP contribution in [0.25, 0.3) is 0 Å². The van der Waals surface area contributed by atoms with E-state index in [1.165, 1.54) is 0 Å². The van der Waals surface area contributed by atoms with E-state index >= 15 is 0 Å². The number of alkyl carbamates (subject to hydrolysis) is 1. The van der Waals surface area contributed by atoms with E-state index in [9.17, 15) is 9.59 Å². The zero-order valence-electron chi connectivity index (χ0n) is 9.24. The van der Waals surface area contributed by atoms with Crippen LogP contribution in [0.1, 0.15) is 27.2 Å². The number of nitrogens with zero attached hydrogens (tertiary/aromatic N) is 1. The van der Waals surface area contributed by atoms with Crippen LogP contribution in [0.15, 0.2) is 0 Å². The second-order valence-corrected chi connectivity index (χ2v) is 4.52. The summed E-state index contributed by atoms with van der Waals surface area (Å²) in [7, 11) is 0. The highest BCUT2D eigenvalue weighted by Crippen LogP contribution is 2.10. The average molecular weight is 215 g/mol. The van der Waals surface area contributed by atoms with Crippen LogP contribution in [-0.2, 0) is 9.53 Å².